The van der Waals surface area contributed by atoms with Crippen LogP contribution in [0.25, 0.3) is 10.9 Å². The van der Waals surface area contributed by atoms with Crippen molar-refractivity contribution in [1.29, 1.82) is 0 Å². The predicted octanol–water partition coefficient (Wildman–Crippen LogP) is 4.22. The Morgan fingerprint density at radius 1 is 1.14 bits per heavy atom. The Labute approximate surface area is 127 Å². The van der Waals surface area contributed by atoms with Crippen LogP contribution in [0.4, 0.5) is 4.39 Å². The van der Waals surface area contributed by atoms with Gasteiger partial charge in [0.25, 0.3) is 0 Å². The zero-order chi connectivity index (χ0) is 15.7. The first-order valence-corrected chi connectivity index (χ1v) is 6.94. The molecule has 0 radical (unpaired) electrons. The van der Waals surface area contributed by atoms with Crippen molar-refractivity contribution in [2.75, 3.05) is 0 Å². The number of hydrogen-bond donors (Lipinski definition) is 1. The molecule has 3 aromatic rings. The van der Waals surface area contributed by atoms with Gasteiger partial charge in [-0.05, 0) is 41.5 Å². The van der Waals surface area contributed by atoms with Crippen molar-refractivity contribution < 1.29 is 14.3 Å². The number of pyridine rings is 1. The van der Waals surface area contributed by atoms with E-state index in [0.29, 0.717) is 11.1 Å². The molecular weight excluding hydrogens is 281 g/mol. The highest BCUT2D eigenvalue weighted by Crippen LogP contribution is 2.31. The predicted molar refractivity (Wildman–Crippen MR) is 82.6 cm³/mol. The summed E-state index contributed by atoms with van der Waals surface area (Å²) in [6, 6.07) is 13.2. The molecule has 1 aromatic heterocycles. The summed E-state index contributed by atoms with van der Waals surface area (Å²) in [5.41, 5.74) is 2.34. The van der Waals surface area contributed by atoms with Crippen LogP contribution in [0.15, 0.2) is 54.7 Å². The van der Waals surface area contributed by atoms with Gasteiger partial charge in [-0.1, -0.05) is 25.1 Å². The highest BCUT2D eigenvalue weighted by Gasteiger charge is 2.16. The van der Waals surface area contributed by atoms with E-state index in [-0.39, 0.29) is 17.3 Å². The minimum absolute atomic E-state index is 0.197. The Balaban J connectivity index is 2.20. The van der Waals surface area contributed by atoms with Crippen LogP contribution in [0.5, 0.6) is 0 Å². The van der Waals surface area contributed by atoms with Gasteiger partial charge in [-0.2, -0.15) is 0 Å². The van der Waals surface area contributed by atoms with Gasteiger partial charge < -0.3 is 5.11 Å². The van der Waals surface area contributed by atoms with E-state index < -0.39 is 5.97 Å². The van der Waals surface area contributed by atoms with Crippen LogP contribution in [0.1, 0.15) is 34.3 Å². The fourth-order valence-electron chi connectivity index (χ4n) is 2.67. The first-order valence-electron chi connectivity index (χ1n) is 6.94. The van der Waals surface area contributed by atoms with Gasteiger partial charge in [0.2, 0.25) is 0 Å². The maximum atomic E-state index is 14.0. The summed E-state index contributed by atoms with van der Waals surface area (Å²) in [6.45, 7) is 1.90. The van der Waals surface area contributed by atoms with Crippen LogP contribution in [-0.2, 0) is 0 Å². The van der Waals surface area contributed by atoms with Crippen molar-refractivity contribution in [1.82, 2.24) is 4.98 Å². The van der Waals surface area contributed by atoms with Gasteiger partial charge in [0.1, 0.15) is 5.82 Å². The maximum absolute atomic E-state index is 14.0. The Kier molecular flexibility index (Phi) is 3.59. The van der Waals surface area contributed by atoms with Crippen molar-refractivity contribution in [3.05, 3.63) is 77.2 Å². The molecule has 3 nitrogen and oxygen atoms in total. The average Bonchev–Trinajstić information content (AvgIpc) is 2.53. The molecule has 1 N–H and O–H groups in total. The molecule has 0 saturated heterocycles. The largest absolute Gasteiger partial charge is 0.478 e. The molecule has 0 spiro atoms. The van der Waals surface area contributed by atoms with Crippen LogP contribution in [0, 0.1) is 5.82 Å². The van der Waals surface area contributed by atoms with Crippen LogP contribution in [0.2, 0.25) is 0 Å². The molecule has 110 valence electrons. The van der Waals surface area contributed by atoms with E-state index in [1.165, 1.54) is 12.1 Å². The van der Waals surface area contributed by atoms with E-state index in [1.54, 1.807) is 36.5 Å². The number of hydrogen-bond acceptors (Lipinski definition) is 2. The average molecular weight is 295 g/mol. The van der Waals surface area contributed by atoms with Gasteiger partial charge in [-0.15, -0.1) is 0 Å². The molecule has 3 rings (SSSR count). The minimum Gasteiger partial charge on any atom is -0.478 e. The quantitative estimate of drug-likeness (QED) is 0.787. The first kappa shape index (κ1) is 14.2. The molecule has 1 heterocycles. The number of carboxylic acids is 1. The number of aromatic carboxylic acids is 1. The molecule has 1 unspecified atom stereocenters. The van der Waals surface area contributed by atoms with Gasteiger partial charge in [-0.3, -0.25) is 4.98 Å². The molecule has 1 atom stereocenters. The number of nitrogens with zero attached hydrogens (tertiary/aromatic N) is 1. The number of aromatic nitrogens is 1. The molecule has 0 aliphatic carbocycles. The van der Waals surface area contributed by atoms with E-state index in [0.717, 1.165) is 10.9 Å². The Morgan fingerprint density at radius 3 is 2.64 bits per heavy atom. The summed E-state index contributed by atoms with van der Waals surface area (Å²) >= 11 is 0. The SMILES string of the molecule is CC(c1ccccc1F)c1ccnc2ccc(C(=O)O)cc12. The molecule has 0 bridgehead atoms. The Morgan fingerprint density at radius 2 is 1.91 bits per heavy atom. The number of benzene rings is 2. The highest BCUT2D eigenvalue weighted by molar-refractivity contribution is 5.94. The lowest BCUT2D eigenvalue weighted by Crippen LogP contribution is -2.02. The molecule has 0 amide bonds. The van der Waals surface area contributed by atoms with Crippen molar-refractivity contribution in [3.63, 3.8) is 0 Å². The molecular formula is C18H14FNO2. The van der Waals surface area contributed by atoms with Crippen LogP contribution in [0.3, 0.4) is 0 Å². The summed E-state index contributed by atoms with van der Waals surface area (Å²) in [5, 5.41) is 9.89. The summed E-state index contributed by atoms with van der Waals surface area (Å²) < 4.78 is 14.0. The molecule has 4 heteroatoms. The zero-order valence-electron chi connectivity index (χ0n) is 12.0. The van der Waals surface area contributed by atoms with E-state index in [1.807, 2.05) is 13.0 Å². The second kappa shape index (κ2) is 5.56. The Hall–Kier alpha value is -2.75. The van der Waals surface area contributed by atoms with Gasteiger partial charge in [0, 0.05) is 17.5 Å². The van der Waals surface area contributed by atoms with E-state index >= 15 is 0 Å². The van der Waals surface area contributed by atoms with Gasteiger partial charge >= 0.3 is 5.97 Å². The topological polar surface area (TPSA) is 50.2 Å². The summed E-state index contributed by atoms with van der Waals surface area (Å²) in [7, 11) is 0. The highest BCUT2D eigenvalue weighted by atomic mass is 19.1. The van der Waals surface area contributed by atoms with Crippen molar-refractivity contribution in [2.45, 2.75) is 12.8 Å². The van der Waals surface area contributed by atoms with Crippen molar-refractivity contribution in [2.24, 2.45) is 0 Å². The van der Waals surface area contributed by atoms with Crippen molar-refractivity contribution >= 4 is 16.9 Å². The molecule has 0 aliphatic rings. The van der Waals surface area contributed by atoms with Crippen molar-refractivity contribution in [3.8, 4) is 0 Å². The first-order chi connectivity index (χ1) is 10.6. The Bertz CT molecular complexity index is 861. The number of carboxylic acid groups (broad SMARTS) is 1. The summed E-state index contributed by atoms with van der Waals surface area (Å²) in [6.07, 6.45) is 1.66. The third-order valence-electron chi connectivity index (χ3n) is 3.86. The maximum Gasteiger partial charge on any atom is 0.335 e. The zero-order valence-corrected chi connectivity index (χ0v) is 12.0. The molecule has 22 heavy (non-hydrogen) atoms. The number of rotatable bonds is 3. The molecule has 0 fully saturated rings. The monoisotopic (exact) mass is 295 g/mol. The third kappa shape index (κ3) is 2.44. The van der Waals surface area contributed by atoms with E-state index in [4.69, 9.17) is 5.11 Å². The van der Waals surface area contributed by atoms with E-state index in [9.17, 15) is 9.18 Å². The normalized spacial score (nSPS) is 12.3. The van der Waals surface area contributed by atoms with Crippen LogP contribution in [-0.4, -0.2) is 16.1 Å². The van der Waals surface area contributed by atoms with E-state index in [2.05, 4.69) is 4.98 Å². The van der Waals surface area contributed by atoms with Gasteiger partial charge in [0.15, 0.2) is 0 Å². The number of carbonyl (C=O) groups is 1. The molecule has 0 saturated carbocycles. The second-order valence-electron chi connectivity index (χ2n) is 5.18. The van der Waals surface area contributed by atoms with Gasteiger partial charge in [-0.25, -0.2) is 9.18 Å². The third-order valence-corrected chi connectivity index (χ3v) is 3.86. The molecule has 2 aromatic carbocycles. The fourth-order valence-corrected chi connectivity index (χ4v) is 2.67. The molecule has 0 aliphatic heterocycles. The number of halogens is 1. The smallest absolute Gasteiger partial charge is 0.335 e. The lowest BCUT2D eigenvalue weighted by Gasteiger charge is -2.16. The second-order valence-corrected chi connectivity index (χ2v) is 5.18. The lowest BCUT2D eigenvalue weighted by atomic mass is 9.90. The summed E-state index contributed by atoms with van der Waals surface area (Å²) in [4.78, 5) is 15.4. The van der Waals surface area contributed by atoms with Crippen LogP contribution < -0.4 is 0 Å². The lowest BCUT2D eigenvalue weighted by molar-refractivity contribution is 0.0697. The van der Waals surface area contributed by atoms with Gasteiger partial charge in [0.05, 0.1) is 11.1 Å². The summed E-state index contributed by atoms with van der Waals surface area (Å²) in [5.74, 6) is -1.46. The fraction of sp³-hybridized carbons (Fsp3) is 0.111. The minimum atomic E-state index is -0.991. The standard InChI is InChI=1S/C18H14FNO2/c1-11(14-4-2-3-5-16(14)19)13-8-9-20-17-7-6-12(18(21)22)10-15(13)17/h2-11H,1H3,(H,21,22). The number of fused-ring (bicyclic) bond motifs is 1. The van der Waals surface area contributed by atoms with Crippen LogP contribution >= 0.6 is 0 Å².